The summed E-state index contributed by atoms with van der Waals surface area (Å²) < 4.78 is 55.7. The molecule has 0 aliphatic carbocycles. The second-order valence-electron chi connectivity index (χ2n) is 7.04. The molecule has 1 N–H and O–H groups in total. The molecule has 31 heavy (non-hydrogen) atoms. The fourth-order valence-electron chi connectivity index (χ4n) is 3.51. The predicted molar refractivity (Wildman–Crippen MR) is 113 cm³/mol. The predicted octanol–water partition coefficient (Wildman–Crippen LogP) is 2.89. The van der Waals surface area contributed by atoms with Crippen LogP contribution in [0.1, 0.15) is 12.8 Å². The number of amides is 1. The summed E-state index contributed by atoms with van der Waals surface area (Å²) in [5.74, 6) is 0.185. The van der Waals surface area contributed by atoms with Crippen molar-refractivity contribution in [1.82, 2.24) is 4.31 Å². The average molecular weight is 453 g/mol. The van der Waals surface area contributed by atoms with Crippen LogP contribution in [0.15, 0.2) is 41.3 Å². The van der Waals surface area contributed by atoms with Crippen LogP contribution in [0.3, 0.4) is 0 Å². The Hall–Kier alpha value is -2.85. The SMILES string of the molecule is COc1cc(NC(=O)C2CCN(S(=O)(=O)c3ccc(F)cc3)CC2)cc(OC)c1OC. The van der Waals surface area contributed by atoms with E-state index in [4.69, 9.17) is 14.2 Å². The molecule has 1 heterocycles. The van der Waals surface area contributed by atoms with E-state index >= 15 is 0 Å². The van der Waals surface area contributed by atoms with Crippen molar-refractivity contribution < 1.29 is 31.8 Å². The Bertz CT molecular complexity index is 1010. The van der Waals surface area contributed by atoms with Gasteiger partial charge in [-0.1, -0.05) is 0 Å². The summed E-state index contributed by atoms with van der Waals surface area (Å²) in [6.45, 7) is 0.403. The van der Waals surface area contributed by atoms with E-state index in [1.165, 1.54) is 37.8 Å². The van der Waals surface area contributed by atoms with Gasteiger partial charge in [0.2, 0.25) is 21.7 Å². The Balaban J connectivity index is 1.66. The van der Waals surface area contributed by atoms with E-state index in [1.54, 1.807) is 12.1 Å². The summed E-state index contributed by atoms with van der Waals surface area (Å²) in [6, 6.07) is 7.98. The molecule has 1 amide bonds. The van der Waals surface area contributed by atoms with Gasteiger partial charge in [-0.15, -0.1) is 0 Å². The van der Waals surface area contributed by atoms with Gasteiger partial charge >= 0.3 is 0 Å². The van der Waals surface area contributed by atoms with Crippen LogP contribution >= 0.6 is 0 Å². The summed E-state index contributed by atoms with van der Waals surface area (Å²) in [4.78, 5) is 12.8. The normalized spacial score (nSPS) is 15.4. The van der Waals surface area contributed by atoms with E-state index in [1.807, 2.05) is 0 Å². The van der Waals surface area contributed by atoms with Crippen LogP contribution in [0.4, 0.5) is 10.1 Å². The number of sulfonamides is 1. The molecule has 1 fully saturated rings. The first-order valence-electron chi connectivity index (χ1n) is 9.66. The van der Waals surface area contributed by atoms with Crippen LogP contribution in [0, 0.1) is 11.7 Å². The van der Waals surface area contributed by atoms with Crippen molar-refractivity contribution in [1.29, 1.82) is 0 Å². The number of carbonyl (C=O) groups excluding carboxylic acids is 1. The number of methoxy groups -OCH3 is 3. The molecule has 0 bridgehead atoms. The number of anilines is 1. The monoisotopic (exact) mass is 452 g/mol. The van der Waals surface area contributed by atoms with Gasteiger partial charge in [-0.05, 0) is 37.1 Å². The summed E-state index contributed by atoms with van der Waals surface area (Å²) in [7, 11) is 0.741. The molecule has 0 unspecified atom stereocenters. The van der Waals surface area contributed by atoms with Gasteiger partial charge in [0.25, 0.3) is 0 Å². The topological polar surface area (TPSA) is 94.2 Å². The van der Waals surface area contributed by atoms with Crippen molar-refractivity contribution in [3.63, 3.8) is 0 Å². The summed E-state index contributed by atoms with van der Waals surface area (Å²) in [5.41, 5.74) is 0.487. The summed E-state index contributed by atoms with van der Waals surface area (Å²) in [6.07, 6.45) is 0.743. The molecular weight excluding hydrogens is 427 g/mol. The number of nitrogens with zero attached hydrogens (tertiary/aromatic N) is 1. The molecule has 0 aromatic heterocycles. The third kappa shape index (κ3) is 4.91. The van der Waals surface area contributed by atoms with E-state index in [-0.39, 0.29) is 29.8 Å². The van der Waals surface area contributed by atoms with Crippen LogP contribution in [-0.4, -0.2) is 53.0 Å². The van der Waals surface area contributed by atoms with Gasteiger partial charge in [-0.25, -0.2) is 12.8 Å². The fraction of sp³-hybridized carbons (Fsp3) is 0.381. The highest BCUT2D eigenvalue weighted by atomic mass is 32.2. The highest BCUT2D eigenvalue weighted by Crippen LogP contribution is 2.40. The van der Waals surface area contributed by atoms with Gasteiger partial charge in [0.1, 0.15) is 5.82 Å². The van der Waals surface area contributed by atoms with Gasteiger partial charge in [-0.2, -0.15) is 4.31 Å². The van der Waals surface area contributed by atoms with Crippen molar-refractivity contribution in [3.8, 4) is 17.2 Å². The molecule has 2 aromatic carbocycles. The lowest BCUT2D eigenvalue weighted by Crippen LogP contribution is -2.41. The second kappa shape index (κ2) is 9.52. The number of benzene rings is 2. The molecule has 1 aliphatic heterocycles. The summed E-state index contributed by atoms with van der Waals surface area (Å²) in [5, 5.41) is 2.84. The molecule has 0 saturated carbocycles. The van der Waals surface area contributed by atoms with Crippen LogP contribution in [-0.2, 0) is 14.8 Å². The van der Waals surface area contributed by atoms with Gasteiger partial charge < -0.3 is 19.5 Å². The lowest BCUT2D eigenvalue weighted by molar-refractivity contribution is -0.120. The smallest absolute Gasteiger partial charge is 0.243 e. The number of hydrogen-bond acceptors (Lipinski definition) is 6. The Labute approximate surface area is 181 Å². The number of nitrogens with one attached hydrogen (secondary N) is 1. The van der Waals surface area contributed by atoms with Crippen molar-refractivity contribution in [3.05, 3.63) is 42.2 Å². The molecule has 0 atom stereocenters. The number of rotatable bonds is 7. The van der Waals surface area contributed by atoms with Crippen LogP contribution in [0.25, 0.3) is 0 Å². The molecule has 1 saturated heterocycles. The lowest BCUT2D eigenvalue weighted by atomic mass is 9.97. The lowest BCUT2D eigenvalue weighted by Gasteiger charge is -2.30. The number of ether oxygens (including phenoxy) is 3. The van der Waals surface area contributed by atoms with Gasteiger partial charge in [-0.3, -0.25) is 4.79 Å². The Kier molecular flexibility index (Phi) is 7.01. The standard InChI is InChI=1S/C21H25FN2O6S/c1-28-18-12-16(13-19(29-2)20(18)30-3)23-21(25)14-8-10-24(11-9-14)31(26,27)17-6-4-15(22)5-7-17/h4-7,12-14H,8-11H2,1-3H3,(H,23,25). The van der Waals surface area contributed by atoms with Gasteiger partial charge in [0, 0.05) is 36.8 Å². The molecule has 0 radical (unpaired) electrons. The summed E-state index contributed by atoms with van der Waals surface area (Å²) >= 11 is 0. The van der Waals surface area contributed by atoms with E-state index in [2.05, 4.69) is 5.32 Å². The molecular formula is C21H25FN2O6S. The average Bonchev–Trinajstić information content (AvgIpc) is 2.78. The largest absolute Gasteiger partial charge is 0.493 e. The maximum Gasteiger partial charge on any atom is 0.243 e. The first-order chi connectivity index (χ1) is 14.8. The Morgan fingerprint density at radius 3 is 2.03 bits per heavy atom. The number of hydrogen-bond donors (Lipinski definition) is 1. The Morgan fingerprint density at radius 2 is 1.55 bits per heavy atom. The maximum absolute atomic E-state index is 13.1. The van der Waals surface area contributed by atoms with E-state index in [9.17, 15) is 17.6 Å². The fourth-order valence-corrected chi connectivity index (χ4v) is 4.98. The molecule has 8 nitrogen and oxygen atoms in total. The highest BCUT2D eigenvalue weighted by molar-refractivity contribution is 7.89. The molecule has 3 rings (SSSR count). The molecule has 10 heteroatoms. The van der Waals surface area contributed by atoms with Crippen molar-refractivity contribution in [2.45, 2.75) is 17.7 Å². The molecule has 1 aliphatic rings. The van der Waals surface area contributed by atoms with Crippen LogP contribution in [0.2, 0.25) is 0 Å². The first kappa shape index (κ1) is 22.8. The zero-order chi connectivity index (χ0) is 22.6. The molecule has 0 spiro atoms. The number of carbonyl (C=O) groups is 1. The van der Waals surface area contributed by atoms with E-state index in [0.29, 0.717) is 35.8 Å². The first-order valence-corrected chi connectivity index (χ1v) is 11.1. The minimum absolute atomic E-state index is 0.0363. The van der Waals surface area contributed by atoms with Crippen LogP contribution < -0.4 is 19.5 Å². The van der Waals surface area contributed by atoms with Crippen molar-refractivity contribution >= 4 is 21.6 Å². The van der Waals surface area contributed by atoms with Crippen molar-refractivity contribution in [2.24, 2.45) is 5.92 Å². The minimum atomic E-state index is -3.72. The number of piperidine rings is 1. The zero-order valence-corrected chi connectivity index (χ0v) is 18.4. The number of halogens is 1. The second-order valence-corrected chi connectivity index (χ2v) is 8.97. The third-order valence-corrected chi connectivity index (χ3v) is 7.12. The molecule has 2 aromatic rings. The van der Waals surface area contributed by atoms with Crippen molar-refractivity contribution in [2.75, 3.05) is 39.7 Å². The van der Waals surface area contributed by atoms with E-state index in [0.717, 1.165) is 12.1 Å². The quantitative estimate of drug-likeness (QED) is 0.694. The highest BCUT2D eigenvalue weighted by Gasteiger charge is 2.32. The third-order valence-electron chi connectivity index (χ3n) is 5.21. The van der Waals surface area contributed by atoms with Gasteiger partial charge in [0.15, 0.2) is 11.5 Å². The van der Waals surface area contributed by atoms with Crippen LogP contribution in [0.5, 0.6) is 17.2 Å². The maximum atomic E-state index is 13.1. The van der Waals surface area contributed by atoms with E-state index < -0.39 is 15.8 Å². The Morgan fingerprint density at radius 1 is 1.00 bits per heavy atom. The molecule has 168 valence electrons. The van der Waals surface area contributed by atoms with Gasteiger partial charge in [0.05, 0.1) is 26.2 Å². The zero-order valence-electron chi connectivity index (χ0n) is 17.6. The minimum Gasteiger partial charge on any atom is -0.493 e.